The van der Waals surface area contributed by atoms with Gasteiger partial charge in [0.1, 0.15) is 0 Å². The van der Waals surface area contributed by atoms with Crippen LogP contribution >= 0.6 is 0 Å². The Bertz CT molecular complexity index is 2790. The quantitative estimate of drug-likeness (QED) is 0.156. The maximum Gasteiger partial charge on any atom is 0.0979 e. The van der Waals surface area contributed by atoms with E-state index in [0.29, 0.717) is 0 Å². The van der Waals surface area contributed by atoms with Gasteiger partial charge in [-0.15, -0.1) is 0 Å². The summed E-state index contributed by atoms with van der Waals surface area (Å²) in [4.78, 5) is 19.8. The molecule has 0 N–H and O–H groups in total. The van der Waals surface area contributed by atoms with Gasteiger partial charge in [0.15, 0.2) is 0 Å². The first-order chi connectivity index (χ1) is 28.7. The molecular formula is C54H36N4. The van der Waals surface area contributed by atoms with Crippen LogP contribution in [0.4, 0.5) is 0 Å². The van der Waals surface area contributed by atoms with Crippen molar-refractivity contribution in [3.8, 4) is 89.3 Å². The van der Waals surface area contributed by atoms with Gasteiger partial charge in [-0.05, 0) is 92.0 Å². The molecule has 3 aromatic heterocycles. The number of nitrogens with zero attached hydrogens (tertiary/aromatic N) is 4. The largest absolute Gasteiger partial charge is 0.265 e. The second-order valence-electron chi connectivity index (χ2n) is 14.3. The van der Waals surface area contributed by atoms with Crippen LogP contribution in [0.3, 0.4) is 0 Å². The fraction of sp³-hybridized carbons (Fsp3) is 0. The van der Waals surface area contributed by atoms with E-state index in [4.69, 9.17) is 9.97 Å². The Morgan fingerprint density at radius 1 is 0.224 bits per heavy atom. The van der Waals surface area contributed by atoms with Crippen molar-refractivity contribution in [2.75, 3.05) is 0 Å². The molecule has 272 valence electrons. The predicted molar refractivity (Wildman–Crippen MR) is 239 cm³/mol. The molecule has 0 aliphatic rings. The van der Waals surface area contributed by atoms with Crippen LogP contribution in [0.5, 0.6) is 0 Å². The van der Waals surface area contributed by atoms with Gasteiger partial charge in [0, 0.05) is 47.0 Å². The molecule has 0 spiro atoms. The van der Waals surface area contributed by atoms with Crippen LogP contribution in [0, 0.1) is 0 Å². The van der Waals surface area contributed by atoms with Crippen molar-refractivity contribution >= 4 is 11.0 Å². The zero-order chi connectivity index (χ0) is 38.7. The van der Waals surface area contributed by atoms with Crippen LogP contribution in [-0.4, -0.2) is 19.9 Å². The zero-order valence-electron chi connectivity index (χ0n) is 31.6. The van der Waals surface area contributed by atoms with Crippen molar-refractivity contribution in [1.29, 1.82) is 0 Å². The highest BCUT2D eigenvalue weighted by atomic mass is 14.8. The molecule has 0 saturated carbocycles. The van der Waals surface area contributed by atoms with E-state index in [-0.39, 0.29) is 0 Å². The Morgan fingerprint density at radius 2 is 0.534 bits per heavy atom. The number of fused-ring (bicyclic) bond motifs is 1. The van der Waals surface area contributed by atoms with Gasteiger partial charge in [0.25, 0.3) is 0 Å². The van der Waals surface area contributed by atoms with E-state index in [1.54, 1.807) is 0 Å². The molecular weight excluding hydrogens is 705 g/mol. The van der Waals surface area contributed by atoms with E-state index in [1.807, 2.05) is 49.1 Å². The monoisotopic (exact) mass is 740 g/mol. The number of aromatic nitrogens is 4. The number of rotatable bonds is 8. The van der Waals surface area contributed by atoms with Gasteiger partial charge in [-0.3, -0.25) is 9.97 Å². The van der Waals surface area contributed by atoms with E-state index in [9.17, 15) is 0 Å². The summed E-state index contributed by atoms with van der Waals surface area (Å²) >= 11 is 0. The Labute approximate surface area is 337 Å². The average Bonchev–Trinajstić information content (AvgIpc) is 3.32. The second-order valence-corrected chi connectivity index (χ2v) is 14.3. The smallest absolute Gasteiger partial charge is 0.0979 e. The molecule has 10 aromatic rings. The molecule has 0 fully saturated rings. The minimum absolute atomic E-state index is 0.820. The summed E-state index contributed by atoms with van der Waals surface area (Å²) in [5, 5.41) is 0. The molecule has 10 rings (SSSR count). The van der Waals surface area contributed by atoms with Gasteiger partial charge in [0.05, 0.1) is 22.4 Å². The molecule has 0 bridgehead atoms. The number of hydrogen-bond donors (Lipinski definition) is 0. The van der Waals surface area contributed by atoms with Gasteiger partial charge in [-0.2, -0.15) is 0 Å². The lowest BCUT2D eigenvalue weighted by Gasteiger charge is -2.17. The molecule has 0 atom stereocenters. The highest BCUT2D eigenvalue weighted by Crippen LogP contribution is 2.41. The minimum Gasteiger partial charge on any atom is -0.265 e. The first-order valence-electron chi connectivity index (χ1n) is 19.4. The molecule has 0 radical (unpaired) electrons. The van der Waals surface area contributed by atoms with Crippen LogP contribution in [0.2, 0.25) is 0 Å². The SMILES string of the molecule is c1ccc(-c2cccc(-c3ccc(-c4cccc(-c5ccccc5)c4)c4nc(-c5ccc(-c6ccncc6)cc5)c(-c5ccc(-c6ccncc6)cc5)nc34)c2)cc1. The van der Waals surface area contributed by atoms with Gasteiger partial charge in [0.2, 0.25) is 0 Å². The summed E-state index contributed by atoms with van der Waals surface area (Å²) in [5.41, 5.74) is 18.6. The van der Waals surface area contributed by atoms with Crippen molar-refractivity contribution in [2.45, 2.75) is 0 Å². The maximum atomic E-state index is 5.67. The van der Waals surface area contributed by atoms with E-state index in [1.165, 1.54) is 11.1 Å². The molecule has 0 aliphatic carbocycles. The highest BCUT2D eigenvalue weighted by Gasteiger charge is 2.20. The van der Waals surface area contributed by atoms with Crippen LogP contribution in [0.15, 0.2) is 219 Å². The van der Waals surface area contributed by atoms with Gasteiger partial charge >= 0.3 is 0 Å². The third-order valence-corrected chi connectivity index (χ3v) is 10.7. The lowest BCUT2D eigenvalue weighted by atomic mass is 9.93. The van der Waals surface area contributed by atoms with E-state index in [2.05, 4.69) is 180 Å². The maximum absolute atomic E-state index is 5.67. The molecule has 0 aliphatic heterocycles. The molecule has 4 nitrogen and oxygen atoms in total. The minimum atomic E-state index is 0.820. The summed E-state index contributed by atoms with van der Waals surface area (Å²) in [7, 11) is 0. The number of hydrogen-bond acceptors (Lipinski definition) is 4. The molecule has 0 saturated heterocycles. The molecule has 7 aromatic carbocycles. The Hall–Kier alpha value is -7.82. The molecule has 0 amide bonds. The first kappa shape index (κ1) is 34.7. The fourth-order valence-corrected chi connectivity index (χ4v) is 7.73. The van der Waals surface area contributed by atoms with Crippen molar-refractivity contribution in [3.63, 3.8) is 0 Å². The summed E-state index contributed by atoms with van der Waals surface area (Å²) < 4.78 is 0. The fourth-order valence-electron chi connectivity index (χ4n) is 7.73. The zero-order valence-corrected chi connectivity index (χ0v) is 31.6. The lowest BCUT2D eigenvalue weighted by molar-refractivity contribution is 1.29. The second kappa shape index (κ2) is 15.4. The summed E-state index contributed by atoms with van der Waals surface area (Å²) in [6.07, 6.45) is 7.31. The van der Waals surface area contributed by atoms with E-state index >= 15 is 0 Å². The third-order valence-electron chi connectivity index (χ3n) is 10.7. The van der Waals surface area contributed by atoms with Crippen LogP contribution in [-0.2, 0) is 0 Å². The average molecular weight is 741 g/mol. The van der Waals surface area contributed by atoms with Crippen LogP contribution in [0.1, 0.15) is 0 Å². The molecule has 3 heterocycles. The van der Waals surface area contributed by atoms with E-state index < -0.39 is 0 Å². The lowest BCUT2D eigenvalue weighted by Crippen LogP contribution is -1.99. The standard InChI is InChI=1S/C54H36N4/c1-3-9-37(10-4-1)45-13-7-15-47(35-45)49-25-26-50(48-16-8-14-46(36-48)38-11-5-2-6-12-38)54-53(49)57-51(43-21-17-39(18-22-43)41-27-31-55-32-28-41)52(58-54)44-23-19-40(20-24-44)42-29-33-56-34-30-42/h1-36H. The molecule has 58 heavy (non-hydrogen) atoms. The Morgan fingerprint density at radius 3 is 0.931 bits per heavy atom. The van der Waals surface area contributed by atoms with Crippen molar-refractivity contribution in [1.82, 2.24) is 19.9 Å². The third kappa shape index (κ3) is 6.84. The van der Waals surface area contributed by atoms with Gasteiger partial charge in [-0.1, -0.05) is 158 Å². The van der Waals surface area contributed by atoms with Crippen molar-refractivity contribution < 1.29 is 0 Å². The predicted octanol–water partition coefficient (Wildman–Crippen LogP) is 13.8. The topological polar surface area (TPSA) is 51.6 Å². The normalized spacial score (nSPS) is 11.1. The Kier molecular flexibility index (Phi) is 9.18. The number of pyridine rings is 2. The number of benzene rings is 7. The van der Waals surface area contributed by atoms with Crippen LogP contribution in [0.25, 0.3) is 100 Å². The van der Waals surface area contributed by atoms with Crippen LogP contribution < -0.4 is 0 Å². The van der Waals surface area contributed by atoms with Gasteiger partial charge in [-0.25, -0.2) is 9.97 Å². The molecule has 0 unspecified atom stereocenters. The van der Waals surface area contributed by atoms with Gasteiger partial charge < -0.3 is 0 Å². The van der Waals surface area contributed by atoms with Crippen molar-refractivity contribution in [3.05, 3.63) is 219 Å². The first-order valence-corrected chi connectivity index (χ1v) is 19.4. The molecule has 4 heteroatoms. The Balaban J connectivity index is 1.21. The summed E-state index contributed by atoms with van der Waals surface area (Å²) in [5.74, 6) is 0. The van der Waals surface area contributed by atoms with E-state index in [0.717, 1.165) is 89.2 Å². The summed E-state index contributed by atoms with van der Waals surface area (Å²) in [6.45, 7) is 0. The summed E-state index contributed by atoms with van der Waals surface area (Å²) in [6, 6.07) is 68.3. The highest BCUT2D eigenvalue weighted by molar-refractivity contribution is 6.03. The van der Waals surface area contributed by atoms with Crippen molar-refractivity contribution in [2.24, 2.45) is 0 Å².